The molecule has 0 atom stereocenters. The average Bonchev–Trinajstić information content (AvgIpc) is 3.02. The highest BCUT2D eigenvalue weighted by Gasteiger charge is 2.17. The van der Waals surface area contributed by atoms with Crippen LogP contribution in [0.1, 0.15) is 25.3 Å². The van der Waals surface area contributed by atoms with Gasteiger partial charge in [-0.05, 0) is 57.2 Å². The van der Waals surface area contributed by atoms with Crippen molar-refractivity contribution in [1.82, 2.24) is 9.71 Å². The summed E-state index contributed by atoms with van der Waals surface area (Å²) in [5.41, 5.74) is 1.90. The van der Waals surface area contributed by atoms with Gasteiger partial charge in [-0.2, -0.15) is 0 Å². The molecule has 7 nitrogen and oxygen atoms in total. The number of benzene rings is 2. The molecule has 8 heteroatoms. The van der Waals surface area contributed by atoms with E-state index in [0.717, 1.165) is 5.56 Å². The van der Waals surface area contributed by atoms with Gasteiger partial charge in [-0.1, -0.05) is 18.2 Å². The fourth-order valence-electron chi connectivity index (χ4n) is 2.75. The first-order chi connectivity index (χ1) is 13.7. The lowest BCUT2D eigenvalue weighted by molar-refractivity contribution is -0.115. The maximum Gasteiger partial charge on any atom is 0.240 e. The number of nitrogens with one attached hydrogen (secondary N) is 2. The molecule has 2 aromatic carbocycles. The van der Waals surface area contributed by atoms with Crippen LogP contribution >= 0.6 is 0 Å². The number of carbonyl (C=O) groups excluding carboxylic acids is 1. The van der Waals surface area contributed by atoms with Crippen LogP contribution in [0.15, 0.2) is 63.9 Å². The molecule has 0 saturated carbocycles. The number of oxazole rings is 1. The van der Waals surface area contributed by atoms with E-state index < -0.39 is 10.0 Å². The fraction of sp³-hybridized carbons (Fsp3) is 0.238. The quantitative estimate of drug-likeness (QED) is 0.617. The van der Waals surface area contributed by atoms with Gasteiger partial charge in [0.15, 0.2) is 0 Å². The van der Waals surface area contributed by atoms with E-state index in [1.54, 1.807) is 32.9 Å². The van der Waals surface area contributed by atoms with Crippen LogP contribution in [0.3, 0.4) is 0 Å². The minimum atomic E-state index is -3.57. The molecule has 0 spiro atoms. The number of anilines is 1. The Labute approximate surface area is 170 Å². The van der Waals surface area contributed by atoms with Crippen molar-refractivity contribution in [2.45, 2.75) is 38.1 Å². The Bertz CT molecular complexity index is 1090. The van der Waals surface area contributed by atoms with Gasteiger partial charge in [0.05, 0.1) is 17.0 Å². The number of hydrogen-bond donors (Lipinski definition) is 2. The summed E-state index contributed by atoms with van der Waals surface area (Å²) in [4.78, 5) is 16.9. The summed E-state index contributed by atoms with van der Waals surface area (Å²) >= 11 is 0. The van der Waals surface area contributed by atoms with Crippen molar-refractivity contribution < 1.29 is 17.6 Å². The molecule has 0 saturated heterocycles. The number of aryl methyl sites for hydroxylation is 1. The molecule has 3 rings (SSSR count). The smallest absolute Gasteiger partial charge is 0.240 e. The zero-order chi connectivity index (χ0) is 21.0. The molecule has 0 aliphatic carbocycles. The second-order valence-electron chi connectivity index (χ2n) is 6.91. The van der Waals surface area contributed by atoms with E-state index in [0.29, 0.717) is 23.0 Å². The number of rotatable bonds is 7. The fourth-order valence-corrected chi connectivity index (χ4v) is 4.00. The highest BCUT2D eigenvalue weighted by atomic mass is 32.2. The molecule has 3 aromatic rings. The Morgan fingerprint density at radius 2 is 1.72 bits per heavy atom. The number of carbonyl (C=O) groups is 1. The van der Waals surface area contributed by atoms with Crippen molar-refractivity contribution in [2.24, 2.45) is 0 Å². The van der Waals surface area contributed by atoms with Gasteiger partial charge in [-0.3, -0.25) is 4.79 Å². The van der Waals surface area contributed by atoms with Gasteiger partial charge >= 0.3 is 0 Å². The number of hydrogen-bond acceptors (Lipinski definition) is 5. The molecule has 0 unspecified atom stereocenters. The van der Waals surface area contributed by atoms with Gasteiger partial charge < -0.3 is 9.73 Å². The van der Waals surface area contributed by atoms with E-state index in [1.807, 2.05) is 30.3 Å². The van der Waals surface area contributed by atoms with Crippen LogP contribution < -0.4 is 10.0 Å². The summed E-state index contributed by atoms with van der Waals surface area (Å²) in [5, 5.41) is 2.75. The summed E-state index contributed by atoms with van der Waals surface area (Å²) < 4.78 is 32.5. The molecule has 0 fully saturated rings. The second kappa shape index (κ2) is 8.59. The van der Waals surface area contributed by atoms with Crippen LogP contribution in [0.5, 0.6) is 0 Å². The van der Waals surface area contributed by atoms with Gasteiger partial charge in [0, 0.05) is 17.3 Å². The maximum atomic E-state index is 12.4. The number of aromatic nitrogens is 1. The Morgan fingerprint density at radius 1 is 1.07 bits per heavy atom. The van der Waals surface area contributed by atoms with E-state index >= 15 is 0 Å². The third kappa shape index (κ3) is 5.30. The molecule has 0 aliphatic heterocycles. The first-order valence-electron chi connectivity index (χ1n) is 9.18. The number of sulfonamides is 1. The van der Waals surface area contributed by atoms with E-state index in [2.05, 4.69) is 15.0 Å². The second-order valence-corrected chi connectivity index (χ2v) is 8.63. The van der Waals surface area contributed by atoms with E-state index in [1.165, 1.54) is 12.1 Å². The molecule has 29 heavy (non-hydrogen) atoms. The van der Waals surface area contributed by atoms with Crippen molar-refractivity contribution in [3.8, 4) is 11.5 Å². The lowest BCUT2D eigenvalue weighted by atomic mass is 10.2. The Morgan fingerprint density at radius 3 is 2.34 bits per heavy atom. The predicted octanol–water partition coefficient (Wildman–Crippen LogP) is 3.52. The van der Waals surface area contributed by atoms with Gasteiger partial charge in [0.1, 0.15) is 5.76 Å². The van der Waals surface area contributed by atoms with Crippen molar-refractivity contribution in [2.75, 3.05) is 5.32 Å². The Hall–Kier alpha value is -2.97. The Kier molecular flexibility index (Phi) is 6.14. The standard InChI is InChI=1S/C21H23N3O4S/c1-14(2)24-29(26,27)18-11-9-17(10-12-18)22-20(25)13-19-15(3)28-21(23-19)16-7-5-4-6-8-16/h4-12,14,24H,13H2,1-3H3,(H,22,25). The zero-order valence-electron chi connectivity index (χ0n) is 16.5. The highest BCUT2D eigenvalue weighted by Crippen LogP contribution is 2.22. The summed E-state index contributed by atoms with van der Waals surface area (Å²) in [6, 6.07) is 15.3. The summed E-state index contributed by atoms with van der Waals surface area (Å²) in [6.07, 6.45) is 0.0527. The lowest BCUT2D eigenvalue weighted by Crippen LogP contribution is -2.30. The molecule has 1 aromatic heterocycles. The summed E-state index contributed by atoms with van der Waals surface area (Å²) in [7, 11) is -3.57. The van der Waals surface area contributed by atoms with Crippen molar-refractivity contribution in [3.05, 3.63) is 66.1 Å². The van der Waals surface area contributed by atoms with Crippen molar-refractivity contribution in [1.29, 1.82) is 0 Å². The van der Waals surface area contributed by atoms with E-state index in [4.69, 9.17) is 4.42 Å². The molecule has 1 heterocycles. The van der Waals surface area contributed by atoms with Crippen molar-refractivity contribution >= 4 is 21.6 Å². The minimum absolute atomic E-state index is 0.0527. The average molecular weight is 413 g/mol. The van der Waals surface area contributed by atoms with Crippen LogP contribution in [0.4, 0.5) is 5.69 Å². The van der Waals surface area contributed by atoms with Crippen molar-refractivity contribution in [3.63, 3.8) is 0 Å². The predicted molar refractivity (Wildman–Crippen MR) is 111 cm³/mol. The van der Waals surface area contributed by atoms with Crippen LogP contribution in [0.2, 0.25) is 0 Å². The summed E-state index contributed by atoms with van der Waals surface area (Å²) in [6.45, 7) is 5.27. The van der Waals surface area contributed by atoms with Crippen LogP contribution in [0.25, 0.3) is 11.5 Å². The van der Waals surface area contributed by atoms with Gasteiger partial charge in [0.25, 0.3) is 0 Å². The van der Waals surface area contributed by atoms with Gasteiger partial charge in [-0.25, -0.2) is 18.1 Å². The largest absolute Gasteiger partial charge is 0.441 e. The summed E-state index contributed by atoms with van der Waals surface area (Å²) in [5.74, 6) is 0.787. The highest BCUT2D eigenvalue weighted by molar-refractivity contribution is 7.89. The third-order valence-electron chi connectivity index (χ3n) is 4.08. The van der Waals surface area contributed by atoms with Crippen LogP contribution in [-0.4, -0.2) is 25.4 Å². The first kappa shape index (κ1) is 20.8. The van der Waals surface area contributed by atoms with Gasteiger partial charge in [0.2, 0.25) is 21.8 Å². The zero-order valence-corrected chi connectivity index (χ0v) is 17.3. The van der Waals surface area contributed by atoms with E-state index in [-0.39, 0.29) is 23.3 Å². The molecule has 0 aliphatic rings. The van der Waals surface area contributed by atoms with Crippen LogP contribution in [0, 0.1) is 6.92 Å². The topological polar surface area (TPSA) is 101 Å². The first-order valence-corrected chi connectivity index (χ1v) is 10.7. The normalized spacial score (nSPS) is 11.6. The SMILES string of the molecule is Cc1oc(-c2ccccc2)nc1CC(=O)Nc1ccc(S(=O)(=O)NC(C)C)cc1. The molecule has 0 radical (unpaired) electrons. The third-order valence-corrected chi connectivity index (χ3v) is 5.76. The number of amides is 1. The Balaban J connectivity index is 1.66. The van der Waals surface area contributed by atoms with E-state index in [9.17, 15) is 13.2 Å². The molecule has 152 valence electrons. The molecular formula is C21H23N3O4S. The number of nitrogens with zero attached hydrogens (tertiary/aromatic N) is 1. The maximum absolute atomic E-state index is 12.4. The monoisotopic (exact) mass is 413 g/mol. The molecule has 2 N–H and O–H groups in total. The lowest BCUT2D eigenvalue weighted by Gasteiger charge is -2.10. The molecular weight excluding hydrogens is 390 g/mol. The van der Waals surface area contributed by atoms with Crippen LogP contribution in [-0.2, 0) is 21.2 Å². The molecule has 1 amide bonds. The molecule has 0 bridgehead atoms. The van der Waals surface area contributed by atoms with Gasteiger partial charge in [-0.15, -0.1) is 0 Å². The minimum Gasteiger partial charge on any atom is -0.441 e.